The Kier molecular flexibility index (Phi) is 5.58. The first kappa shape index (κ1) is 18.4. The molecule has 1 atom stereocenters. The molecule has 138 valence electrons. The summed E-state index contributed by atoms with van der Waals surface area (Å²) < 4.78 is 37.2. The van der Waals surface area contributed by atoms with Crippen LogP contribution in [0, 0.1) is 11.6 Å². The van der Waals surface area contributed by atoms with E-state index in [9.17, 15) is 13.6 Å². The third kappa shape index (κ3) is 4.23. The molecule has 2 aromatic carbocycles. The van der Waals surface area contributed by atoms with Crippen LogP contribution in [0.1, 0.15) is 18.5 Å². The second-order valence-corrected chi connectivity index (χ2v) is 6.21. The summed E-state index contributed by atoms with van der Waals surface area (Å²) in [6.45, 7) is 2.58. The lowest BCUT2D eigenvalue weighted by Gasteiger charge is -2.20. The summed E-state index contributed by atoms with van der Waals surface area (Å²) in [6.07, 6.45) is 0. The van der Waals surface area contributed by atoms with E-state index in [1.165, 1.54) is 6.07 Å². The summed E-state index contributed by atoms with van der Waals surface area (Å²) >= 11 is 6.15. The SMILES string of the molecule is CC(NCC(=O)Nc1cc2c(cc1Cl)OCCO2)c1ccc(F)c(F)c1. The van der Waals surface area contributed by atoms with E-state index in [2.05, 4.69) is 10.6 Å². The number of carbonyl (C=O) groups is 1. The van der Waals surface area contributed by atoms with E-state index >= 15 is 0 Å². The van der Waals surface area contributed by atoms with Gasteiger partial charge in [0.25, 0.3) is 0 Å². The zero-order valence-corrected chi connectivity index (χ0v) is 14.7. The number of anilines is 1. The molecule has 1 aliphatic heterocycles. The summed E-state index contributed by atoms with van der Waals surface area (Å²) in [5, 5.41) is 5.96. The Hall–Kier alpha value is -2.38. The summed E-state index contributed by atoms with van der Waals surface area (Å²) in [5.41, 5.74) is 0.942. The average Bonchev–Trinajstić information content (AvgIpc) is 2.62. The molecule has 2 aromatic rings. The van der Waals surface area contributed by atoms with Gasteiger partial charge in [-0.15, -0.1) is 0 Å². The standard InChI is InChI=1S/C18H17ClF2N2O3/c1-10(11-2-3-13(20)14(21)6-11)22-9-18(24)23-15-8-17-16(7-12(15)19)25-4-5-26-17/h2-3,6-8,10,22H,4-5,9H2,1H3,(H,23,24). The molecule has 0 aliphatic carbocycles. The number of halogens is 3. The summed E-state index contributed by atoms with van der Waals surface area (Å²) in [7, 11) is 0. The summed E-state index contributed by atoms with van der Waals surface area (Å²) in [5.74, 6) is -1.13. The molecular formula is C18H17ClF2N2O3. The van der Waals surface area contributed by atoms with Crippen LogP contribution in [0.5, 0.6) is 11.5 Å². The smallest absolute Gasteiger partial charge is 0.238 e. The van der Waals surface area contributed by atoms with Gasteiger partial charge in [-0.05, 0) is 24.6 Å². The molecular weight excluding hydrogens is 366 g/mol. The molecule has 1 aliphatic rings. The van der Waals surface area contributed by atoms with Gasteiger partial charge in [-0.2, -0.15) is 0 Å². The number of hydrogen-bond acceptors (Lipinski definition) is 4. The maximum atomic E-state index is 13.3. The molecule has 0 aromatic heterocycles. The number of ether oxygens (including phenoxy) is 2. The first-order chi connectivity index (χ1) is 12.4. The van der Waals surface area contributed by atoms with E-state index in [1.54, 1.807) is 19.1 Å². The van der Waals surface area contributed by atoms with Crippen LogP contribution in [0.15, 0.2) is 30.3 Å². The second kappa shape index (κ2) is 7.88. The van der Waals surface area contributed by atoms with Crippen molar-refractivity contribution in [2.24, 2.45) is 0 Å². The lowest BCUT2D eigenvalue weighted by molar-refractivity contribution is -0.115. The van der Waals surface area contributed by atoms with E-state index in [1.807, 2.05) is 0 Å². The Labute approximate surface area is 154 Å². The third-order valence-corrected chi connectivity index (χ3v) is 4.23. The van der Waals surface area contributed by atoms with Crippen molar-refractivity contribution in [3.8, 4) is 11.5 Å². The van der Waals surface area contributed by atoms with Crippen LogP contribution in [0.25, 0.3) is 0 Å². The molecule has 0 bridgehead atoms. The van der Waals surface area contributed by atoms with Gasteiger partial charge in [-0.1, -0.05) is 17.7 Å². The van der Waals surface area contributed by atoms with Crippen LogP contribution < -0.4 is 20.1 Å². The molecule has 0 fully saturated rings. The fourth-order valence-corrected chi connectivity index (χ4v) is 2.70. The molecule has 0 spiro atoms. The topological polar surface area (TPSA) is 59.6 Å². The van der Waals surface area contributed by atoms with E-state index in [0.717, 1.165) is 12.1 Å². The van der Waals surface area contributed by atoms with Crippen molar-refractivity contribution in [3.05, 3.63) is 52.6 Å². The van der Waals surface area contributed by atoms with Gasteiger partial charge in [0, 0.05) is 18.2 Å². The van der Waals surface area contributed by atoms with Gasteiger partial charge in [-0.3, -0.25) is 4.79 Å². The Morgan fingerprint density at radius 2 is 1.85 bits per heavy atom. The highest BCUT2D eigenvalue weighted by molar-refractivity contribution is 6.34. The van der Waals surface area contributed by atoms with Gasteiger partial charge in [0.2, 0.25) is 5.91 Å². The van der Waals surface area contributed by atoms with Gasteiger partial charge in [0.05, 0.1) is 17.3 Å². The average molecular weight is 383 g/mol. The van der Waals surface area contributed by atoms with Crippen LogP contribution in [0.3, 0.4) is 0 Å². The Morgan fingerprint density at radius 1 is 1.15 bits per heavy atom. The largest absolute Gasteiger partial charge is 0.486 e. The number of amides is 1. The first-order valence-corrected chi connectivity index (χ1v) is 8.39. The van der Waals surface area contributed by atoms with Crippen molar-refractivity contribution in [3.63, 3.8) is 0 Å². The highest BCUT2D eigenvalue weighted by atomic mass is 35.5. The number of nitrogens with one attached hydrogen (secondary N) is 2. The van der Waals surface area contributed by atoms with Crippen LogP contribution in [0.2, 0.25) is 5.02 Å². The predicted octanol–water partition coefficient (Wildman–Crippen LogP) is 3.68. The first-order valence-electron chi connectivity index (χ1n) is 8.01. The van der Waals surface area contributed by atoms with Gasteiger partial charge >= 0.3 is 0 Å². The van der Waals surface area contributed by atoms with Crippen molar-refractivity contribution in [2.75, 3.05) is 25.1 Å². The second-order valence-electron chi connectivity index (χ2n) is 5.80. The lowest BCUT2D eigenvalue weighted by atomic mass is 10.1. The molecule has 1 heterocycles. The van der Waals surface area contributed by atoms with Crippen molar-refractivity contribution < 1.29 is 23.0 Å². The van der Waals surface area contributed by atoms with Crippen molar-refractivity contribution in [1.82, 2.24) is 5.32 Å². The quantitative estimate of drug-likeness (QED) is 0.828. The number of fused-ring (bicyclic) bond motifs is 1. The Balaban J connectivity index is 1.59. The number of carbonyl (C=O) groups excluding carboxylic acids is 1. The van der Waals surface area contributed by atoms with Crippen LogP contribution in [-0.4, -0.2) is 25.7 Å². The Bertz CT molecular complexity index is 832. The highest BCUT2D eigenvalue weighted by Gasteiger charge is 2.17. The van der Waals surface area contributed by atoms with Crippen LogP contribution in [-0.2, 0) is 4.79 Å². The molecule has 0 saturated carbocycles. The number of hydrogen-bond donors (Lipinski definition) is 2. The molecule has 3 rings (SSSR count). The van der Waals surface area contributed by atoms with Gasteiger partial charge in [-0.25, -0.2) is 8.78 Å². The number of rotatable bonds is 5. The summed E-state index contributed by atoms with van der Waals surface area (Å²) in [6, 6.07) is 6.47. The fourth-order valence-electron chi connectivity index (χ4n) is 2.50. The lowest BCUT2D eigenvalue weighted by Crippen LogP contribution is -2.30. The van der Waals surface area contributed by atoms with E-state index in [4.69, 9.17) is 21.1 Å². The zero-order chi connectivity index (χ0) is 18.7. The van der Waals surface area contributed by atoms with Gasteiger partial charge in [0.1, 0.15) is 13.2 Å². The molecule has 2 N–H and O–H groups in total. The molecule has 26 heavy (non-hydrogen) atoms. The minimum absolute atomic E-state index is 0.0368. The van der Waals surface area contributed by atoms with Crippen molar-refractivity contribution in [2.45, 2.75) is 13.0 Å². The maximum absolute atomic E-state index is 13.3. The van der Waals surface area contributed by atoms with E-state index < -0.39 is 11.6 Å². The van der Waals surface area contributed by atoms with Crippen molar-refractivity contribution >= 4 is 23.2 Å². The molecule has 5 nitrogen and oxygen atoms in total. The van der Waals surface area contributed by atoms with E-state index in [-0.39, 0.29) is 18.5 Å². The number of benzene rings is 2. The van der Waals surface area contributed by atoms with E-state index in [0.29, 0.717) is 41.0 Å². The van der Waals surface area contributed by atoms with Crippen molar-refractivity contribution in [1.29, 1.82) is 0 Å². The minimum Gasteiger partial charge on any atom is -0.486 e. The van der Waals surface area contributed by atoms with Gasteiger partial charge < -0.3 is 20.1 Å². The van der Waals surface area contributed by atoms with Crippen LogP contribution >= 0.6 is 11.6 Å². The zero-order valence-electron chi connectivity index (χ0n) is 13.9. The van der Waals surface area contributed by atoms with Gasteiger partial charge in [0.15, 0.2) is 23.1 Å². The Morgan fingerprint density at radius 3 is 2.54 bits per heavy atom. The monoisotopic (exact) mass is 382 g/mol. The fraction of sp³-hybridized carbons (Fsp3) is 0.278. The maximum Gasteiger partial charge on any atom is 0.238 e. The normalized spacial score (nSPS) is 14.0. The summed E-state index contributed by atoms with van der Waals surface area (Å²) in [4.78, 5) is 12.2. The highest BCUT2D eigenvalue weighted by Crippen LogP contribution is 2.37. The molecule has 1 amide bonds. The molecule has 0 radical (unpaired) electrons. The molecule has 0 saturated heterocycles. The molecule has 1 unspecified atom stereocenters. The third-order valence-electron chi connectivity index (χ3n) is 3.92. The predicted molar refractivity (Wildman–Crippen MR) is 93.8 cm³/mol. The van der Waals surface area contributed by atoms with Crippen LogP contribution in [0.4, 0.5) is 14.5 Å². The minimum atomic E-state index is -0.927. The molecule has 8 heteroatoms.